The van der Waals surface area contributed by atoms with Crippen molar-refractivity contribution in [1.29, 1.82) is 0 Å². The molecule has 0 unspecified atom stereocenters. The van der Waals surface area contributed by atoms with Gasteiger partial charge >= 0.3 is 0 Å². The smallest absolute Gasteiger partial charge is 0.225 e. The van der Waals surface area contributed by atoms with Crippen LogP contribution in [0.5, 0.6) is 0 Å². The van der Waals surface area contributed by atoms with Crippen molar-refractivity contribution in [3.8, 4) is 0 Å². The number of rotatable bonds is 5. The van der Waals surface area contributed by atoms with Gasteiger partial charge in [0, 0.05) is 27.1 Å². The van der Waals surface area contributed by atoms with Crippen molar-refractivity contribution in [2.45, 2.75) is 44.9 Å². The Hall–Kier alpha value is -1.93. The summed E-state index contributed by atoms with van der Waals surface area (Å²) < 4.78 is 1.84. The third-order valence-corrected chi connectivity index (χ3v) is 5.30. The highest BCUT2D eigenvalue weighted by Crippen LogP contribution is 2.23. The molecule has 8 heteroatoms. The van der Waals surface area contributed by atoms with Crippen molar-refractivity contribution >= 4 is 11.8 Å². The number of piperidine rings is 1. The Balaban J connectivity index is 1.59. The van der Waals surface area contributed by atoms with Gasteiger partial charge in [-0.05, 0) is 37.9 Å². The van der Waals surface area contributed by atoms with Crippen LogP contribution >= 0.6 is 0 Å². The predicted molar refractivity (Wildman–Crippen MR) is 96.1 cm³/mol. The van der Waals surface area contributed by atoms with E-state index in [1.54, 1.807) is 14.1 Å². The third-order valence-electron chi connectivity index (χ3n) is 5.30. The van der Waals surface area contributed by atoms with Crippen LogP contribution in [-0.4, -0.2) is 70.2 Å². The summed E-state index contributed by atoms with van der Waals surface area (Å²) in [5.41, 5.74) is 1.42. The molecule has 0 aromatic carbocycles. The van der Waals surface area contributed by atoms with Crippen LogP contribution in [-0.2, 0) is 22.7 Å². The van der Waals surface area contributed by atoms with Gasteiger partial charge in [-0.1, -0.05) is 0 Å². The van der Waals surface area contributed by atoms with E-state index in [0.29, 0.717) is 37.7 Å². The van der Waals surface area contributed by atoms with Crippen molar-refractivity contribution in [2.24, 2.45) is 5.92 Å². The largest absolute Gasteiger partial charge is 0.386 e. The molecule has 0 spiro atoms. The molecular weight excluding hydrogens is 334 g/mol. The van der Waals surface area contributed by atoms with Gasteiger partial charge in [-0.15, -0.1) is 0 Å². The number of aromatic nitrogens is 2. The summed E-state index contributed by atoms with van der Waals surface area (Å²) in [6.45, 7) is 3.78. The topological polar surface area (TPSA) is 90.7 Å². The average molecular weight is 363 g/mol. The van der Waals surface area contributed by atoms with E-state index in [9.17, 15) is 14.7 Å². The van der Waals surface area contributed by atoms with Gasteiger partial charge < -0.3 is 20.2 Å². The molecular formula is C18H29N5O3. The number of fused-ring (bicyclic) bond motifs is 1. The second-order valence-electron chi connectivity index (χ2n) is 7.50. The summed E-state index contributed by atoms with van der Waals surface area (Å²) in [6, 6.07) is 1.82. The minimum Gasteiger partial charge on any atom is -0.386 e. The highest BCUT2D eigenvalue weighted by molar-refractivity contribution is 5.77. The first kappa shape index (κ1) is 18.8. The van der Waals surface area contributed by atoms with E-state index in [1.807, 2.05) is 15.6 Å². The van der Waals surface area contributed by atoms with Gasteiger partial charge in [0.25, 0.3) is 0 Å². The van der Waals surface area contributed by atoms with Gasteiger partial charge in [0.2, 0.25) is 11.8 Å². The molecule has 1 aromatic heterocycles. The highest BCUT2D eigenvalue weighted by Gasteiger charge is 2.27. The lowest BCUT2D eigenvalue weighted by molar-refractivity contribution is -0.134. The number of carbonyl (C=O) groups excluding carboxylic acids is 2. The number of aliphatic hydroxyl groups excluding tert-OH is 1. The maximum absolute atomic E-state index is 12.6. The van der Waals surface area contributed by atoms with Crippen LogP contribution in [0.2, 0.25) is 0 Å². The summed E-state index contributed by atoms with van der Waals surface area (Å²) >= 11 is 0. The number of nitrogens with zero attached hydrogens (tertiary/aromatic N) is 4. The van der Waals surface area contributed by atoms with E-state index in [2.05, 4.69) is 10.4 Å². The predicted octanol–water partition coefficient (Wildman–Crippen LogP) is 0.127. The fraction of sp³-hybridized carbons (Fsp3) is 0.722. The molecule has 2 amide bonds. The minimum absolute atomic E-state index is 0.0157. The molecule has 1 fully saturated rings. The van der Waals surface area contributed by atoms with E-state index >= 15 is 0 Å². The molecule has 26 heavy (non-hydrogen) atoms. The number of amides is 2. The maximum atomic E-state index is 12.6. The van der Waals surface area contributed by atoms with Crippen molar-refractivity contribution in [2.75, 3.05) is 33.7 Å². The molecule has 0 saturated carbocycles. The second-order valence-corrected chi connectivity index (χ2v) is 7.50. The van der Waals surface area contributed by atoms with Gasteiger partial charge in [-0.25, -0.2) is 0 Å². The van der Waals surface area contributed by atoms with Crippen molar-refractivity contribution < 1.29 is 14.7 Å². The average Bonchev–Trinajstić information content (AvgIpc) is 3.05. The molecule has 1 atom stereocenters. The Morgan fingerprint density at radius 2 is 2.08 bits per heavy atom. The molecule has 0 bridgehead atoms. The van der Waals surface area contributed by atoms with Gasteiger partial charge in [-0.2, -0.15) is 5.10 Å². The van der Waals surface area contributed by atoms with Crippen LogP contribution in [0.3, 0.4) is 0 Å². The first-order valence-corrected chi connectivity index (χ1v) is 9.37. The fourth-order valence-corrected chi connectivity index (χ4v) is 3.58. The van der Waals surface area contributed by atoms with E-state index < -0.39 is 6.10 Å². The Bertz CT molecular complexity index is 651. The SMILES string of the molecule is CN(C)C(=O)C[C@H](O)c1cc2n(n1)CCN(C(=O)CC1CCNCC1)C2. The summed E-state index contributed by atoms with van der Waals surface area (Å²) in [4.78, 5) is 27.7. The van der Waals surface area contributed by atoms with Crippen LogP contribution < -0.4 is 5.32 Å². The van der Waals surface area contributed by atoms with Crippen LogP contribution in [0, 0.1) is 5.92 Å². The molecule has 3 rings (SSSR count). The summed E-state index contributed by atoms with van der Waals surface area (Å²) in [6.07, 6.45) is 1.84. The zero-order valence-electron chi connectivity index (χ0n) is 15.6. The monoisotopic (exact) mass is 363 g/mol. The minimum atomic E-state index is -0.915. The molecule has 2 N–H and O–H groups in total. The first-order valence-electron chi connectivity index (χ1n) is 9.37. The standard InChI is InChI=1S/C18H29N5O3/c1-21(2)17(25)11-16(24)15-10-14-12-22(7-8-23(14)20-15)18(26)9-13-3-5-19-6-4-13/h10,13,16,19,24H,3-9,11-12H2,1-2H3/t16-/m0/s1. The lowest BCUT2D eigenvalue weighted by atomic mass is 9.94. The summed E-state index contributed by atoms with van der Waals surface area (Å²) in [7, 11) is 3.33. The molecule has 0 aliphatic carbocycles. The fourth-order valence-electron chi connectivity index (χ4n) is 3.58. The second kappa shape index (κ2) is 8.18. The van der Waals surface area contributed by atoms with E-state index in [1.165, 1.54) is 4.90 Å². The molecule has 2 aliphatic heterocycles. The normalized spacial score (nSPS) is 19.1. The molecule has 144 valence electrons. The van der Waals surface area contributed by atoms with Gasteiger partial charge in [-0.3, -0.25) is 14.3 Å². The Kier molecular flexibility index (Phi) is 5.93. The Labute approximate surface area is 154 Å². The van der Waals surface area contributed by atoms with Gasteiger partial charge in [0.15, 0.2) is 0 Å². The Morgan fingerprint density at radius 1 is 1.35 bits per heavy atom. The van der Waals surface area contributed by atoms with Crippen molar-refractivity contribution in [3.05, 3.63) is 17.5 Å². The number of hydrogen-bond acceptors (Lipinski definition) is 5. The van der Waals surface area contributed by atoms with Crippen molar-refractivity contribution in [3.63, 3.8) is 0 Å². The van der Waals surface area contributed by atoms with E-state index in [0.717, 1.165) is 31.6 Å². The summed E-state index contributed by atoms with van der Waals surface area (Å²) in [5.74, 6) is 0.543. The number of aliphatic hydroxyl groups is 1. The molecule has 3 heterocycles. The summed E-state index contributed by atoms with van der Waals surface area (Å²) in [5, 5.41) is 18.0. The number of carbonyl (C=O) groups is 2. The third kappa shape index (κ3) is 4.42. The van der Waals surface area contributed by atoms with E-state index in [-0.39, 0.29) is 18.2 Å². The van der Waals surface area contributed by atoms with Crippen LogP contribution in [0.15, 0.2) is 6.07 Å². The lowest BCUT2D eigenvalue weighted by Crippen LogP contribution is -2.40. The van der Waals surface area contributed by atoms with Gasteiger partial charge in [0.05, 0.1) is 30.9 Å². The molecule has 0 radical (unpaired) electrons. The van der Waals surface area contributed by atoms with Crippen LogP contribution in [0.4, 0.5) is 0 Å². The lowest BCUT2D eigenvalue weighted by Gasteiger charge is -2.30. The van der Waals surface area contributed by atoms with Crippen LogP contribution in [0.25, 0.3) is 0 Å². The molecule has 2 aliphatic rings. The highest BCUT2D eigenvalue weighted by atomic mass is 16.3. The number of hydrogen-bond donors (Lipinski definition) is 2. The zero-order chi connectivity index (χ0) is 18.7. The van der Waals surface area contributed by atoms with Crippen molar-refractivity contribution in [1.82, 2.24) is 24.9 Å². The molecule has 1 saturated heterocycles. The van der Waals surface area contributed by atoms with Gasteiger partial charge in [0.1, 0.15) is 6.10 Å². The maximum Gasteiger partial charge on any atom is 0.225 e. The van der Waals surface area contributed by atoms with Crippen LogP contribution in [0.1, 0.15) is 43.2 Å². The molecule has 1 aromatic rings. The molecule has 8 nitrogen and oxygen atoms in total. The first-order chi connectivity index (χ1) is 12.4. The quantitative estimate of drug-likeness (QED) is 0.776. The number of nitrogens with one attached hydrogen (secondary N) is 1. The zero-order valence-corrected chi connectivity index (χ0v) is 15.6. The van der Waals surface area contributed by atoms with E-state index in [4.69, 9.17) is 0 Å². The Morgan fingerprint density at radius 3 is 2.77 bits per heavy atom.